The summed E-state index contributed by atoms with van der Waals surface area (Å²) < 4.78 is 53.3. The van der Waals surface area contributed by atoms with Crippen molar-refractivity contribution in [2.24, 2.45) is 0 Å². The Bertz CT molecular complexity index is 1130. The molecular weight excluding hydrogens is 400 g/mol. The Morgan fingerprint density at radius 1 is 0.767 bits per heavy atom. The molecule has 0 atom stereocenters. The number of nitrogens with one attached hydrogen (secondary N) is 2. The van der Waals surface area contributed by atoms with Gasteiger partial charge in [0.25, 0.3) is 0 Å². The second-order valence-corrected chi connectivity index (χ2v) is 6.24. The Morgan fingerprint density at radius 3 is 1.63 bits per heavy atom. The quantitative estimate of drug-likeness (QED) is 0.315. The van der Waals surface area contributed by atoms with Gasteiger partial charge in [0.1, 0.15) is 23.3 Å². The van der Waals surface area contributed by atoms with Crippen molar-refractivity contribution in [3.8, 4) is 22.5 Å². The highest BCUT2D eigenvalue weighted by atomic mass is 19.1. The predicted molar refractivity (Wildman–Crippen MR) is 104 cm³/mol. The second kappa shape index (κ2) is 9.23. The molecule has 30 heavy (non-hydrogen) atoms. The molecule has 4 nitrogen and oxygen atoms in total. The number of aldehydes is 1. The molecule has 0 aliphatic heterocycles. The maximum atomic E-state index is 13.3. The van der Waals surface area contributed by atoms with Crippen LogP contribution in [0.15, 0.2) is 60.9 Å². The van der Waals surface area contributed by atoms with Gasteiger partial charge in [0.2, 0.25) is 0 Å². The lowest BCUT2D eigenvalue weighted by Gasteiger charge is -2.01. The molecule has 8 heteroatoms. The molecule has 2 heterocycles. The molecule has 2 aromatic carbocycles. The van der Waals surface area contributed by atoms with Crippen LogP contribution in [0.3, 0.4) is 0 Å². The summed E-state index contributed by atoms with van der Waals surface area (Å²) >= 11 is 0. The van der Waals surface area contributed by atoms with Crippen LogP contribution in [0.1, 0.15) is 15.9 Å². The molecular formula is C22H16F4N2O2. The lowest BCUT2D eigenvalue weighted by molar-refractivity contribution is 0.112. The van der Waals surface area contributed by atoms with Crippen molar-refractivity contribution in [2.45, 2.75) is 6.61 Å². The maximum absolute atomic E-state index is 13.3. The van der Waals surface area contributed by atoms with E-state index in [1.807, 2.05) is 0 Å². The SMILES string of the molecule is O=Cc1c[nH]c(-c2c(F)cccc2F)c1.OCc1c[nH]c(-c2c(F)cccc2F)c1. The second-order valence-electron chi connectivity index (χ2n) is 6.24. The minimum Gasteiger partial charge on any atom is -0.392 e. The van der Waals surface area contributed by atoms with Crippen LogP contribution in [0.5, 0.6) is 0 Å². The van der Waals surface area contributed by atoms with E-state index in [-0.39, 0.29) is 23.4 Å². The van der Waals surface area contributed by atoms with E-state index in [2.05, 4.69) is 9.97 Å². The van der Waals surface area contributed by atoms with Crippen LogP contribution in [0.25, 0.3) is 22.5 Å². The standard InChI is InChI=1S/C11H9F2NO.C11H7F2NO/c2*12-8-2-1-3-9(13)11(8)10-4-7(6-15)5-14-10/h1-5,14-15H,6H2;1-6,14H. The van der Waals surface area contributed by atoms with Crippen LogP contribution >= 0.6 is 0 Å². The fraction of sp³-hybridized carbons (Fsp3) is 0.0455. The molecule has 0 amide bonds. The zero-order valence-corrected chi connectivity index (χ0v) is 15.4. The number of hydrogen-bond acceptors (Lipinski definition) is 2. The van der Waals surface area contributed by atoms with Crippen LogP contribution in [-0.2, 0) is 6.61 Å². The molecule has 0 aliphatic carbocycles. The number of carbonyl (C=O) groups excluding carboxylic acids is 1. The summed E-state index contributed by atoms with van der Waals surface area (Å²) in [7, 11) is 0. The number of rotatable bonds is 4. The highest BCUT2D eigenvalue weighted by molar-refractivity contribution is 5.78. The van der Waals surface area contributed by atoms with Crippen LogP contribution < -0.4 is 0 Å². The Labute approximate surface area is 168 Å². The molecule has 154 valence electrons. The lowest BCUT2D eigenvalue weighted by Crippen LogP contribution is -1.89. The van der Waals surface area contributed by atoms with Crippen molar-refractivity contribution in [3.63, 3.8) is 0 Å². The normalized spacial score (nSPS) is 10.4. The van der Waals surface area contributed by atoms with E-state index in [1.165, 1.54) is 60.9 Å². The van der Waals surface area contributed by atoms with E-state index in [1.54, 1.807) is 0 Å². The van der Waals surface area contributed by atoms with Crippen LogP contribution in [0, 0.1) is 23.3 Å². The van der Waals surface area contributed by atoms with Crippen molar-refractivity contribution in [3.05, 3.63) is 95.3 Å². The third-order valence-electron chi connectivity index (χ3n) is 4.23. The average Bonchev–Trinajstić information content (AvgIpc) is 3.38. The number of halogens is 4. The van der Waals surface area contributed by atoms with Gasteiger partial charge in [-0.2, -0.15) is 0 Å². The lowest BCUT2D eigenvalue weighted by atomic mass is 10.1. The molecule has 3 N–H and O–H groups in total. The number of aliphatic hydroxyl groups is 1. The Balaban J connectivity index is 0.000000171. The van der Waals surface area contributed by atoms with Crippen molar-refractivity contribution < 1.29 is 27.5 Å². The molecule has 0 radical (unpaired) electrons. The summed E-state index contributed by atoms with van der Waals surface area (Å²) in [4.78, 5) is 15.8. The molecule has 0 bridgehead atoms. The fourth-order valence-corrected chi connectivity index (χ4v) is 2.81. The first-order valence-electron chi connectivity index (χ1n) is 8.75. The monoisotopic (exact) mass is 416 g/mol. The van der Waals surface area contributed by atoms with Crippen LogP contribution in [-0.4, -0.2) is 21.4 Å². The van der Waals surface area contributed by atoms with Crippen LogP contribution in [0.4, 0.5) is 17.6 Å². The fourth-order valence-electron chi connectivity index (χ4n) is 2.81. The molecule has 0 spiro atoms. The van der Waals surface area contributed by atoms with E-state index < -0.39 is 23.3 Å². The van der Waals surface area contributed by atoms with Crippen molar-refractivity contribution in [1.29, 1.82) is 0 Å². The molecule has 0 aliphatic rings. The first-order valence-corrected chi connectivity index (χ1v) is 8.75. The van der Waals surface area contributed by atoms with E-state index in [0.717, 1.165) is 0 Å². The van der Waals surface area contributed by atoms with Gasteiger partial charge < -0.3 is 15.1 Å². The smallest absolute Gasteiger partial charge is 0.151 e. The van der Waals surface area contributed by atoms with E-state index in [0.29, 0.717) is 23.1 Å². The maximum Gasteiger partial charge on any atom is 0.151 e. The van der Waals surface area contributed by atoms with Crippen molar-refractivity contribution in [1.82, 2.24) is 9.97 Å². The van der Waals surface area contributed by atoms with Gasteiger partial charge in [0.05, 0.1) is 29.1 Å². The molecule has 4 rings (SSSR count). The third-order valence-corrected chi connectivity index (χ3v) is 4.23. The number of hydrogen-bond donors (Lipinski definition) is 3. The number of benzene rings is 2. The van der Waals surface area contributed by atoms with Gasteiger partial charge in [-0.1, -0.05) is 12.1 Å². The minimum absolute atomic E-state index is 0.0998. The molecule has 2 aromatic heterocycles. The van der Waals surface area contributed by atoms with Gasteiger partial charge in [0.15, 0.2) is 6.29 Å². The van der Waals surface area contributed by atoms with Gasteiger partial charge in [0, 0.05) is 18.0 Å². The van der Waals surface area contributed by atoms with Crippen molar-refractivity contribution in [2.75, 3.05) is 0 Å². The Hall–Kier alpha value is -3.65. The highest BCUT2D eigenvalue weighted by Crippen LogP contribution is 2.26. The molecule has 4 aromatic rings. The van der Waals surface area contributed by atoms with Gasteiger partial charge in [-0.05, 0) is 42.0 Å². The summed E-state index contributed by atoms with van der Waals surface area (Å²) in [5.74, 6) is -2.56. The van der Waals surface area contributed by atoms with Crippen LogP contribution in [0.2, 0.25) is 0 Å². The zero-order chi connectivity index (χ0) is 21.7. The average molecular weight is 416 g/mol. The van der Waals surface area contributed by atoms with Gasteiger partial charge >= 0.3 is 0 Å². The van der Waals surface area contributed by atoms with Gasteiger partial charge in [-0.3, -0.25) is 4.79 Å². The van der Waals surface area contributed by atoms with E-state index >= 15 is 0 Å². The molecule has 0 fully saturated rings. The summed E-state index contributed by atoms with van der Waals surface area (Å²) in [6.07, 6.45) is 3.52. The number of aromatic nitrogens is 2. The third kappa shape index (κ3) is 4.49. The summed E-state index contributed by atoms with van der Waals surface area (Å²) in [6, 6.07) is 10.2. The topological polar surface area (TPSA) is 68.9 Å². The van der Waals surface area contributed by atoms with Gasteiger partial charge in [-0.15, -0.1) is 0 Å². The highest BCUT2D eigenvalue weighted by Gasteiger charge is 2.13. The predicted octanol–water partition coefficient (Wildman–Crippen LogP) is 5.22. The first-order chi connectivity index (χ1) is 14.4. The number of aromatic amines is 2. The molecule has 0 saturated heterocycles. The van der Waals surface area contributed by atoms with E-state index in [4.69, 9.17) is 5.11 Å². The zero-order valence-electron chi connectivity index (χ0n) is 15.4. The van der Waals surface area contributed by atoms with E-state index in [9.17, 15) is 22.4 Å². The van der Waals surface area contributed by atoms with Gasteiger partial charge in [-0.25, -0.2) is 17.6 Å². The summed E-state index contributed by atoms with van der Waals surface area (Å²) in [6.45, 7) is -0.160. The number of H-pyrrole nitrogens is 2. The first kappa shape index (κ1) is 21.1. The molecule has 0 saturated carbocycles. The number of carbonyl (C=O) groups is 1. The molecule has 0 unspecified atom stereocenters. The Morgan fingerprint density at radius 2 is 1.23 bits per heavy atom. The minimum atomic E-state index is -0.658. The number of aliphatic hydroxyl groups excluding tert-OH is 1. The van der Waals surface area contributed by atoms with Crippen molar-refractivity contribution >= 4 is 6.29 Å². The summed E-state index contributed by atoms with van der Waals surface area (Å²) in [5.41, 5.74) is 1.28. The largest absolute Gasteiger partial charge is 0.392 e. The summed E-state index contributed by atoms with van der Waals surface area (Å²) in [5, 5.41) is 8.83. The Kier molecular flexibility index (Phi) is 6.48.